The zero-order chi connectivity index (χ0) is 23.9. The van der Waals surface area contributed by atoms with Gasteiger partial charge in [0.05, 0.1) is 12.3 Å². The van der Waals surface area contributed by atoms with E-state index in [1.807, 2.05) is 37.3 Å². The summed E-state index contributed by atoms with van der Waals surface area (Å²) in [5.41, 5.74) is 2.05. The molecule has 0 saturated carbocycles. The van der Waals surface area contributed by atoms with Gasteiger partial charge in [-0.1, -0.05) is 36.4 Å². The number of anilines is 1. The molecule has 0 aliphatic heterocycles. The number of carboxylic acid groups (broad SMARTS) is 1. The maximum Gasteiger partial charge on any atom is 0.341 e. The van der Waals surface area contributed by atoms with Gasteiger partial charge in [-0.2, -0.15) is 0 Å². The van der Waals surface area contributed by atoms with Gasteiger partial charge in [-0.15, -0.1) is 0 Å². The van der Waals surface area contributed by atoms with E-state index < -0.39 is 12.6 Å². The lowest BCUT2D eigenvalue weighted by Gasteiger charge is -2.13. The normalized spacial score (nSPS) is 10.8. The van der Waals surface area contributed by atoms with Crippen LogP contribution in [0.15, 0.2) is 67.0 Å². The summed E-state index contributed by atoms with van der Waals surface area (Å²) in [5, 5.41) is 13.6. The summed E-state index contributed by atoms with van der Waals surface area (Å²) in [7, 11) is 0. The Kier molecular flexibility index (Phi) is 7.17. The molecular formula is C26H24FN3O4. The first kappa shape index (κ1) is 23.0. The number of carbonyl (C=O) groups is 1. The van der Waals surface area contributed by atoms with Crippen molar-refractivity contribution < 1.29 is 23.8 Å². The first-order chi connectivity index (χ1) is 16.5. The number of nitrogens with one attached hydrogen (secondary N) is 1. The third-order valence-electron chi connectivity index (χ3n) is 5.20. The van der Waals surface area contributed by atoms with Gasteiger partial charge in [-0.05, 0) is 42.5 Å². The summed E-state index contributed by atoms with van der Waals surface area (Å²) in [4.78, 5) is 19.4. The topological polar surface area (TPSA) is 93.6 Å². The van der Waals surface area contributed by atoms with Crippen molar-refractivity contribution in [1.82, 2.24) is 9.97 Å². The van der Waals surface area contributed by atoms with E-state index in [2.05, 4.69) is 15.3 Å². The highest BCUT2D eigenvalue weighted by molar-refractivity contribution is 5.83. The van der Waals surface area contributed by atoms with E-state index in [4.69, 9.17) is 14.6 Å². The van der Waals surface area contributed by atoms with E-state index in [0.717, 1.165) is 10.9 Å². The molecule has 7 nitrogen and oxygen atoms in total. The van der Waals surface area contributed by atoms with Crippen LogP contribution in [0.3, 0.4) is 0 Å². The number of hydrogen-bond acceptors (Lipinski definition) is 6. The zero-order valence-corrected chi connectivity index (χ0v) is 18.6. The minimum Gasteiger partial charge on any atom is -0.490 e. The Morgan fingerprint density at radius 2 is 1.88 bits per heavy atom. The van der Waals surface area contributed by atoms with Gasteiger partial charge in [0, 0.05) is 23.6 Å². The zero-order valence-electron chi connectivity index (χ0n) is 18.6. The fourth-order valence-corrected chi connectivity index (χ4v) is 3.60. The number of carboxylic acids is 1. The van der Waals surface area contributed by atoms with E-state index in [1.54, 1.807) is 30.3 Å². The van der Waals surface area contributed by atoms with Crippen LogP contribution in [0, 0.1) is 5.82 Å². The molecule has 2 N–H and O–H groups in total. The van der Waals surface area contributed by atoms with E-state index in [0.29, 0.717) is 53.5 Å². The predicted molar refractivity (Wildman–Crippen MR) is 128 cm³/mol. The molecule has 0 fully saturated rings. The fourth-order valence-electron chi connectivity index (χ4n) is 3.60. The molecule has 0 atom stereocenters. The minimum absolute atomic E-state index is 0.197. The van der Waals surface area contributed by atoms with Crippen LogP contribution >= 0.6 is 0 Å². The molecule has 4 aromatic rings. The Morgan fingerprint density at radius 1 is 1.03 bits per heavy atom. The van der Waals surface area contributed by atoms with E-state index >= 15 is 0 Å². The molecule has 8 heteroatoms. The maximum atomic E-state index is 14.8. The van der Waals surface area contributed by atoms with E-state index in [9.17, 15) is 9.18 Å². The van der Waals surface area contributed by atoms with Crippen molar-refractivity contribution in [2.45, 2.75) is 13.3 Å². The molecule has 3 aromatic carbocycles. The lowest BCUT2D eigenvalue weighted by Crippen LogP contribution is -2.10. The molecule has 0 radical (unpaired) electrons. The molecule has 174 valence electrons. The van der Waals surface area contributed by atoms with Crippen LogP contribution in [0.25, 0.3) is 22.0 Å². The highest BCUT2D eigenvalue weighted by Crippen LogP contribution is 2.32. The third-order valence-corrected chi connectivity index (χ3v) is 5.20. The number of halogens is 1. The molecule has 4 rings (SSSR count). The molecule has 1 aromatic heterocycles. The van der Waals surface area contributed by atoms with E-state index in [1.165, 1.54) is 6.33 Å². The molecule has 0 amide bonds. The Bertz CT molecular complexity index is 1310. The molecule has 0 bridgehead atoms. The monoisotopic (exact) mass is 461 g/mol. The number of benzene rings is 3. The van der Waals surface area contributed by atoms with Crippen LogP contribution < -0.4 is 14.8 Å². The summed E-state index contributed by atoms with van der Waals surface area (Å²) in [5.74, 6) is 0.118. The van der Waals surface area contributed by atoms with Crippen molar-refractivity contribution in [3.63, 3.8) is 0 Å². The van der Waals surface area contributed by atoms with Crippen LogP contribution in [0.2, 0.25) is 0 Å². The van der Waals surface area contributed by atoms with E-state index in [-0.39, 0.29) is 5.82 Å². The van der Waals surface area contributed by atoms with Gasteiger partial charge in [-0.25, -0.2) is 19.2 Å². The van der Waals surface area contributed by atoms with Gasteiger partial charge in [0.2, 0.25) is 0 Å². The van der Waals surface area contributed by atoms with Crippen LogP contribution in [-0.2, 0) is 11.2 Å². The van der Waals surface area contributed by atoms with Gasteiger partial charge in [0.1, 0.15) is 18.0 Å². The van der Waals surface area contributed by atoms with Crippen LogP contribution in [0.1, 0.15) is 12.5 Å². The second-order valence-corrected chi connectivity index (χ2v) is 7.50. The Morgan fingerprint density at radius 3 is 2.71 bits per heavy atom. The van der Waals surface area contributed by atoms with Crippen LogP contribution in [-0.4, -0.2) is 40.8 Å². The number of aromatic nitrogens is 2. The Hall–Kier alpha value is -4.20. The molecule has 0 saturated heterocycles. The first-order valence-electron chi connectivity index (χ1n) is 10.9. The summed E-state index contributed by atoms with van der Waals surface area (Å²) in [6.07, 6.45) is 1.95. The second kappa shape index (κ2) is 10.6. The van der Waals surface area contributed by atoms with Gasteiger partial charge in [0.15, 0.2) is 18.1 Å². The standard InChI is InChI=1S/C26H24FN3O4/c1-2-33-23-13-19(9-10-22(23)34-15-25(31)32)21-14-24(30-16-29-21)28-12-11-18-8-7-17-5-3-4-6-20(17)26(18)27/h3-10,13-14,16H,2,11-12,15H2,1H3,(H,31,32)(H,28,29,30). The fraction of sp³-hybridized carbons (Fsp3) is 0.192. The van der Waals surface area contributed by atoms with Gasteiger partial charge >= 0.3 is 5.97 Å². The predicted octanol–water partition coefficient (Wildman–Crippen LogP) is 4.95. The quantitative estimate of drug-likeness (QED) is 0.345. The molecule has 34 heavy (non-hydrogen) atoms. The van der Waals surface area contributed by atoms with Crippen LogP contribution in [0.4, 0.5) is 10.2 Å². The van der Waals surface area contributed by atoms with Crippen molar-refractivity contribution >= 4 is 22.6 Å². The number of ether oxygens (including phenoxy) is 2. The van der Waals surface area contributed by atoms with Crippen LogP contribution in [0.5, 0.6) is 11.5 Å². The number of nitrogens with zero attached hydrogens (tertiary/aromatic N) is 2. The lowest BCUT2D eigenvalue weighted by molar-refractivity contribution is -0.139. The molecule has 0 unspecified atom stereocenters. The average Bonchev–Trinajstić information content (AvgIpc) is 2.85. The molecule has 0 aliphatic rings. The average molecular weight is 461 g/mol. The van der Waals surface area contributed by atoms with Gasteiger partial charge in [0.25, 0.3) is 0 Å². The SMILES string of the molecule is CCOc1cc(-c2cc(NCCc3ccc4ccccc4c3F)ncn2)ccc1OCC(=O)O. The van der Waals surface area contributed by atoms with Crippen molar-refractivity contribution in [1.29, 1.82) is 0 Å². The van der Waals surface area contributed by atoms with Crippen molar-refractivity contribution in [3.05, 3.63) is 78.4 Å². The minimum atomic E-state index is -1.07. The van der Waals surface area contributed by atoms with Crippen molar-refractivity contribution in [2.75, 3.05) is 25.1 Å². The largest absolute Gasteiger partial charge is 0.490 e. The molecule has 1 heterocycles. The number of aliphatic carboxylic acids is 1. The second-order valence-electron chi connectivity index (χ2n) is 7.50. The third kappa shape index (κ3) is 5.40. The Balaban J connectivity index is 1.46. The summed E-state index contributed by atoms with van der Waals surface area (Å²) in [6, 6.07) is 18.1. The summed E-state index contributed by atoms with van der Waals surface area (Å²) in [6.45, 7) is 2.27. The smallest absolute Gasteiger partial charge is 0.341 e. The molecule has 0 aliphatic carbocycles. The van der Waals surface area contributed by atoms with Gasteiger partial charge < -0.3 is 19.9 Å². The highest BCUT2D eigenvalue weighted by Gasteiger charge is 2.11. The van der Waals surface area contributed by atoms with Crippen molar-refractivity contribution in [2.24, 2.45) is 0 Å². The number of hydrogen-bond donors (Lipinski definition) is 2. The Labute approximate surface area is 196 Å². The number of fused-ring (bicyclic) bond motifs is 1. The lowest BCUT2D eigenvalue weighted by atomic mass is 10.0. The van der Waals surface area contributed by atoms with Gasteiger partial charge in [-0.3, -0.25) is 0 Å². The number of rotatable bonds is 10. The highest BCUT2D eigenvalue weighted by atomic mass is 19.1. The first-order valence-corrected chi connectivity index (χ1v) is 10.9. The molecule has 0 spiro atoms. The molecular weight excluding hydrogens is 437 g/mol. The summed E-state index contributed by atoms with van der Waals surface area (Å²) < 4.78 is 25.7. The van der Waals surface area contributed by atoms with Crippen molar-refractivity contribution in [3.8, 4) is 22.8 Å². The maximum absolute atomic E-state index is 14.8. The summed E-state index contributed by atoms with van der Waals surface area (Å²) >= 11 is 0.